The Morgan fingerprint density at radius 1 is 1.23 bits per heavy atom. The van der Waals surface area contributed by atoms with Crippen molar-refractivity contribution in [3.63, 3.8) is 0 Å². The number of hydrogen-bond acceptors (Lipinski definition) is 6. The number of likely N-dealkylation sites (tertiary alicyclic amines) is 1. The van der Waals surface area contributed by atoms with E-state index in [0.717, 1.165) is 29.5 Å². The first-order chi connectivity index (χ1) is 12.6. The first kappa shape index (κ1) is 16.3. The Kier molecular flexibility index (Phi) is 4.16. The second-order valence-electron chi connectivity index (χ2n) is 6.48. The van der Waals surface area contributed by atoms with Crippen LogP contribution in [0, 0.1) is 6.92 Å². The molecule has 1 aliphatic rings. The van der Waals surface area contributed by atoms with Crippen LogP contribution in [-0.2, 0) is 7.05 Å². The van der Waals surface area contributed by atoms with Crippen LogP contribution in [0.4, 0.5) is 0 Å². The standard InChI is InChI=1S/C18H19N7O/c1-12-7-15(17-21-4-6-24(17)2)23-16(22-12)13-3-5-25(10-13)18(26)14-8-19-11-20-9-14/h4,6-9,11,13H,3,5,10H2,1-2H3/t13-/m1/s1. The molecule has 1 fully saturated rings. The molecule has 132 valence electrons. The number of imidazole rings is 1. The van der Waals surface area contributed by atoms with Crippen LogP contribution in [0.2, 0.25) is 0 Å². The summed E-state index contributed by atoms with van der Waals surface area (Å²) >= 11 is 0. The maximum Gasteiger partial charge on any atom is 0.257 e. The number of carbonyl (C=O) groups is 1. The molecule has 0 bridgehead atoms. The zero-order valence-corrected chi connectivity index (χ0v) is 14.7. The Hall–Kier alpha value is -3.16. The van der Waals surface area contributed by atoms with Crippen LogP contribution in [-0.4, -0.2) is 53.4 Å². The summed E-state index contributed by atoms with van der Waals surface area (Å²) < 4.78 is 1.94. The third-order valence-electron chi connectivity index (χ3n) is 4.57. The van der Waals surface area contributed by atoms with Crippen LogP contribution < -0.4 is 0 Å². The fraction of sp³-hybridized carbons (Fsp3) is 0.333. The van der Waals surface area contributed by atoms with Gasteiger partial charge in [0.25, 0.3) is 5.91 Å². The topological polar surface area (TPSA) is 89.7 Å². The van der Waals surface area contributed by atoms with Gasteiger partial charge in [-0.15, -0.1) is 0 Å². The van der Waals surface area contributed by atoms with Crippen molar-refractivity contribution < 1.29 is 4.79 Å². The van der Waals surface area contributed by atoms with Crippen molar-refractivity contribution in [3.8, 4) is 11.5 Å². The van der Waals surface area contributed by atoms with Gasteiger partial charge in [-0.25, -0.2) is 24.9 Å². The van der Waals surface area contributed by atoms with Gasteiger partial charge in [0.15, 0.2) is 5.82 Å². The normalized spacial score (nSPS) is 16.8. The van der Waals surface area contributed by atoms with Gasteiger partial charge in [-0.05, 0) is 19.4 Å². The molecule has 1 aliphatic heterocycles. The fourth-order valence-electron chi connectivity index (χ4n) is 3.25. The number of hydrogen-bond donors (Lipinski definition) is 0. The van der Waals surface area contributed by atoms with E-state index >= 15 is 0 Å². The molecule has 0 aromatic carbocycles. The molecule has 8 heteroatoms. The highest BCUT2D eigenvalue weighted by Crippen LogP contribution is 2.27. The monoisotopic (exact) mass is 349 g/mol. The van der Waals surface area contributed by atoms with Crippen LogP contribution >= 0.6 is 0 Å². The molecule has 0 spiro atoms. The fourth-order valence-corrected chi connectivity index (χ4v) is 3.25. The van der Waals surface area contributed by atoms with E-state index in [4.69, 9.17) is 4.98 Å². The Labute approximate surface area is 151 Å². The number of aryl methyl sites for hydroxylation is 2. The highest BCUT2D eigenvalue weighted by atomic mass is 16.2. The van der Waals surface area contributed by atoms with E-state index in [1.165, 1.54) is 6.33 Å². The molecule has 26 heavy (non-hydrogen) atoms. The van der Waals surface area contributed by atoms with Crippen molar-refractivity contribution in [2.24, 2.45) is 7.05 Å². The molecular weight excluding hydrogens is 330 g/mol. The predicted molar refractivity (Wildman–Crippen MR) is 94.3 cm³/mol. The molecule has 1 amide bonds. The van der Waals surface area contributed by atoms with Crippen molar-refractivity contribution in [2.75, 3.05) is 13.1 Å². The summed E-state index contributed by atoms with van der Waals surface area (Å²) in [6.07, 6.45) is 9.00. The summed E-state index contributed by atoms with van der Waals surface area (Å²) in [6.45, 7) is 3.22. The lowest BCUT2D eigenvalue weighted by Crippen LogP contribution is -2.28. The molecule has 0 unspecified atom stereocenters. The summed E-state index contributed by atoms with van der Waals surface area (Å²) in [4.78, 5) is 36.0. The number of amides is 1. The number of carbonyl (C=O) groups excluding carboxylic acids is 1. The Bertz CT molecular complexity index is 938. The molecule has 8 nitrogen and oxygen atoms in total. The summed E-state index contributed by atoms with van der Waals surface area (Å²) in [6, 6.07) is 1.94. The lowest BCUT2D eigenvalue weighted by atomic mass is 10.1. The predicted octanol–water partition coefficient (Wildman–Crippen LogP) is 1.61. The van der Waals surface area contributed by atoms with Crippen LogP contribution in [0.5, 0.6) is 0 Å². The maximum absolute atomic E-state index is 12.6. The third-order valence-corrected chi connectivity index (χ3v) is 4.57. The van der Waals surface area contributed by atoms with Crippen LogP contribution in [0.1, 0.15) is 34.2 Å². The van der Waals surface area contributed by atoms with E-state index in [2.05, 4.69) is 19.9 Å². The highest BCUT2D eigenvalue weighted by Gasteiger charge is 2.30. The summed E-state index contributed by atoms with van der Waals surface area (Å²) in [7, 11) is 1.94. The van der Waals surface area contributed by atoms with Crippen LogP contribution in [0.25, 0.3) is 11.5 Å². The molecule has 4 heterocycles. The van der Waals surface area contributed by atoms with Gasteiger partial charge in [0.2, 0.25) is 0 Å². The van der Waals surface area contributed by atoms with E-state index < -0.39 is 0 Å². The third kappa shape index (κ3) is 3.05. The average Bonchev–Trinajstić information content (AvgIpc) is 3.30. The zero-order chi connectivity index (χ0) is 18.1. The molecule has 4 rings (SSSR count). The minimum absolute atomic E-state index is 0.0509. The summed E-state index contributed by atoms with van der Waals surface area (Å²) in [5.74, 6) is 1.64. The van der Waals surface area contributed by atoms with Crippen LogP contribution in [0.15, 0.2) is 37.2 Å². The molecule has 0 radical (unpaired) electrons. The van der Waals surface area contributed by atoms with Gasteiger partial charge in [0, 0.05) is 56.5 Å². The van der Waals surface area contributed by atoms with Gasteiger partial charge in [-0.2, -0.15) is 0 Å². The number of aromatic nitrogens is 6. The van der Waals surface area contributed by atoms with Crippen molar-refractivity contribution in [1.82, 2.24) is 34.4 Å². The molecule has 0 aliphatic carbocycles. The molecule has 1 atom stereocenters. The van der Waals surface area contributed by atoms with Gasteiger partial charge in [0.05, 0.1) is 5.56 Å². The number of nitrogens with zero attached hydrogens (tertiary/aromatic N) is 7. The van der Waals surface area contributed by atoms with Gasteiger partial charge >= 0.3 is 0 Å². The van der Waals surface area contributed by atoms with Gasteiger partial charge in [-0.3, -0.25) is 4.79 Å². The minimum Gasteiger partial charge on any atom is -0.338 e. The van der Waals surface area contributed by atoms with Crippen LogP contribution in [0.3, 0.4) is 0 Å². The van der Waals surface area contributed by atoms with Gasteiger partial charge in [-0.1, -0.05) is 0 Å². The average molecular weight is 349 g/mol. The molecule has 0 N–H and O–H groups in total. The van der Waals surface area contributed by atoms with E-state index in [1.54, 1.807) is 18.6 Å². The molecular formula is C18H19N7O. The smallest absolute Gasteiger partial charge is 0.257 e. The Morgan fingerprint density at radius 3 is 2.77 bits per heavy atom. The lowest BCUT2D eigenvalue weighted by Gasteiger charge is -2.16. The zero-order valence-electron chi connectivity index (χ0n) is 14.7. The van der Waals surface area contributed by atoms with Crippen molar-refractivity contribution in [3.05, 3.63) is 54.3 Å². The van der Waals surface area contributed by atoms with Crippen molar-refractivity contribution >= 4 is 5.91 Å². The second kappa shape index (κ2) is 6.62. The van der Waals surface area contributed by atoms with Crippen molar-refractivity contribution in [1.29, 1.82) is 0 Å². The quantitative estimate of drug-likeness (QED) is 0.713. The van der Waals surface area contributed by atoms with E-state index in [-0.39, 0.29) is 11.8 Å². The molecule has 3 aromatic rings. The van der Waals surface area contributed by atoms with E-state index in [9.17, 15) is 4.79 Å². The first-order valence-electron chi connectivity index (χ1n) is 8.49. The van der Waals surface area contributed by atoms with E-state index in [0.29, 0.717) is 18.7 Å². The molecule has 3 aromatic heterocycles. The second-order valence-corrected chi connectivity index (χ2v) is 6.48. The maximum atomic E-state index is 12.6. The highest BCUT2D eigenvalue weighted by molar-refractivity contribution is 5.93. The van der Waals surface area contributed by atoms with E-state index in [1.807, 2.05) is 35.7 Å². The Balaban J connectivity index is 1.57. The Morgan fingerprint density at radius 2 is 2.04 bits per heavy atom. The summed E-state index contributed by atoms with van der Waals surface area (Å²) in [5.41, 5.74) is 2.21. The largest absolute Gasteiger partial charge is 0.338 e. The lowest BCUT2D eigenvalue weighted by molar-refractivity contribution is 0.0789. The minimum atomic E-state index is -0.0509. The van der Waals surface area contributed by atoms with Crippen molar-refractivity contribution in [2.45, 2.75) is 19.3 Å². The molecule has 1 saturated heterocycles. The molecule has 0 saturated carbocycles. The van der Waals surface area contributed by atoms with Gasteiger partial charge < -0.3 is 9.47 Å². The SMILES string of the molecule is Cc1cc(-c2nccn2C)nc([C@@H]2CCN(C(=O)c3cncnc3)C2)n1. The number of rotatable bonds is 3. The van der Waals surface area contributed by atoms with Gasteiger partial charge in [0.1, 0.15) is 17.8 Å². The first-order valence-corrected chi connectivity index (χ1v) is 8.49. The summed E-state index contributed by atoms with van der Waals surface area (Å²) in [5, 5.41) is 0.